The molecule has 0 aliphatic carbocycles. The summed E-state index contributed by atoms with van der Waals surface area (Å²) < 4.78 is 0. The van der Waals surface area contributed by atoms with Gasteiger partial charge in [0, 0.05) is 37.1 Å². The van der Waals surface area contributed by atoms with Gasteiger partial charge in [0.25, 0.3) is 0 Å². The van der Waals surface area contributed by atoms with Crippen molar-refractivity contribution in [2.24, 2.45) is 0 Å². The first kappa shape index (κ1) is 16.5. The van der Waals surface area contributed by atoms with Crippen molar-refractivity contribution >= 4 is 28.1 Å². The molecular weight excluding hydrogens is 294 g/mol. The van der Waals surface area contributed by atoms with Crippen LogP contribution >= 0.6 is 11.3 Å². The first-order chi connectivity index (χ1) is 10.6. The molecule has 2 rings (SSSR count). The number of unbranched alkanes of at least 4 members (excludes halogenated alkanes) is 2. The topological polar surface area (TPSA) is 45.2 Å². The van der Waals surface area contributed by atoms with Crippen molar-refractivity contribution in [2.75, 3.05) is 24.3 Å². The van der Waals surface area contributed by atoms with Crippen molar-refractivity contribution in [3.05, 3.63) is 29.6 Å². The zero-order valence-electron chi connectivity index (χ0n) is 13.4. The summed E-state index contributed by atoms with van der Waals surface area (Å²) in [6.07, 6.45) is 3.77. The average Bonchev–Trinajstić information content (AvgIpc) is 2.98. The van der Waals surface area contributed by atoms with Crippen LogP contribution < -0.4 is 10.2 Å². The van der Waals surface area contributed by atoms with Crippen molar-refractivity contribution in [3.8, 4) is 11.3 Å². The van der Waals surface area contributed by atoms with Crippen molar-refractivity contribution in [3.63, 3.8) is 0 Å². The summed E-state index contributed by atoms with van der Waals surface area (Å²) in [7, 11) is 3.97. The zero-order valence-corrected chi connectivity index (χ0v) is 14.2. The van der Waals surface area contributed by atoms with E-state index >= 15 is 0 Å². The smallest absolute Gasteiger partial charge is 0.224 e. The van der Waals surface area contributed by atoms with Crippen LogP contribution in [0.15, 0.2) is 29.6 Å². The van der Waals surface area contributed by atoms with Gasteiger partial charge in [0.05, 0.1) is 5.69 Å². The summed E-state index contributed by atoms with van der Waals surface area (Å²) in [6.45, 7) is 2.14. The number of thiazole rings is 1. The van der Waals surface area contributed by atoms with Gasteiger partial charge in [-0.1, -0.05) is 31.9 Å². The van der Waals surface area contributed by atoms with Crippen LogP contribution in [0.3, 0.4) is 0 Å². The van der Waals surface area contributed by atoms with Crippen LogP contribution in [-0.2, 0) is 4.79 Å². The van der Waals surface area contributed by atoms with Crippen LogP contribution in [0, 0.1) is 0 Å². The summed E-state index contributed by atoms with van der Waals surface area (Å²) in [5.74, 6) is 0.0877. The standard InChI is InChI=1S/C17H23N3OS/c1-4-5-6-7-16(21)18-14-10-8-13(9-11-14)15-12-22-17(19-15)20(2)3/h8-12H,4-7H2,1-3H3,(H,18,21). The predicted octanol–water partition coefficient (Wildman–Crippen LogP) is 4.39. The number of nitrogens with one attached hydrogen (secondary N) is 1. The largest absolute Gasteiger partial charge is 0.354 e. The Morgan fingerprint density at radius 2 is 1.95 bits per heavy atom. The molecule has 22 heavy (non-hydrogen) atoms. The lowest BCUT2D eigenvalue weighted by Gasteiger charge is -2.07. The van der Waals surface area contributed by atoms with Gasteiger partial charge >= 0.3 is 0 Å². The van der Waals surface area contributed by atoms with Crippen molar-refractivity contribution in [2.45, 2.75) is 32.6 Å². The second-order valence-electron chi connectivity index (χ2n) is 5.49. The average molecular weight is 317 g/mol. The maximum atomic E-state index is 11.8. The third-order valence-corrected chi connectivity index (χ3v) is 4.35. The highest BCUT2D eigenvalue weighted by atomic mass is 32.1. The van der Waals surface area contributed by atoms with Crippen molar-refractivity contribution in [1.82, 2.24) is 4.98 Å². The molecule has 2 aromatic rings. The Morgan fingerprint density at radius 3 is 2.55 bits per heavy atom. The van der Waals surface area contributed by atoms with Crippen LogP contribution in [0.4, 0.5) is 10.8 Å². The maximum Gasteiger partial charge on any atom is 0.224 e. The molecule has 0 spiro atoms. The van der Waals surface area contributed by atoms with Gasteiger partial charge in [-0.15, -0.1) is 11.3 Å². The number of hydrogen-bond donors (Lipinski definition) is 1. The van der Waals surface area contributed by atoms with Gasteiger partial charge in [0.15, 0.2) is 5.13 Å². The molecule has 5 heteroatoms. The first-order valence-corrected chi connectivity index (χ1v) is 8.51. The van der Waals surface area contributed by atoms with Gasteiger partial charge in [-0.05, 0) is 18.6 Å². The number of benzene rings is 1. The summed E-state index contributed by atoms with van der Waals surface area (Å²) in [5, 5.41) is 5.98. The molecule has 0 bridgehead atoms. The summed E-state index contributed by atoms with van der Waals surface area (Å²) in [4.78, 5) is 18.4. The molecule has 0 saturated carbocycles. The number of amides is 1. The first-order valence-electron chi connectivity index (χ1n) is 7.63. The predicted molar refractivity (Wildman–Crippen MR) is 94.6 cm³/mol. The Bertz CT molecular complexity index is 605. The van der Waals surface area contributed by atoms with E-state index in [1.807, 2.05) is 48.6 Å². The normalized spacial score (nSPS) is 10.5. The fourth-order valence-corrected chi connectivity index (χ4v) is 2.85. The van der Waals surface area contributed by atoms with Crippen molar-refractivity contribution in [1.29, 1.82) is 0 Å². The molecular formula is C17H23N3OS. The lowest BCUT2D eigenvalue weighted by atomic mass is 10.1. The molecule has 4 nitrogen and oxygen atoms in total. The Balaban J connectivity index is 1.96. The molecule has 0 saturated heterocycles. The number of anilines is 2. The van der Waals surface area contributed by atoms with E-state index in [-0.39, 0.29) is 5.91 Å². The number of aromatic nitrogens is 1. The third-order valence-electron chi connectivity index (χ3n) is 3.35. The molecule has 1 aromatic carbocycles. The second-order valence-corrected chi connectivity index (χ2v) is 6.33. The van der Waals surface area contributed by atoms with E-state index in [0.717, 1.165) is 41.3 Å². The van der Waals surface area contributed by atoms with E-state index < -0.39 is 0 Å². The van der Waals surface area contributed by atoms with Crippen LogP contribution in [-0.4, -0.2) is 25.0 Å². The van der Waals surface area contributed by atoms with Crippen LogP contribution in [0.5, 0.6) is 0 Å². The molecule has 1 heterocycles. The Labute approximate surface area is 136 Å². The molecule has 0 radical (unpaired) electrons. The molecule has 1 amide bonds. The van der Waals surface area contributed by atoms with Crippen LogP contribution in [0.25, 0.3) is 11.3 Å². The Morgan fingerprint density at radius 1 is 1.23 bits per heavy atom. The Kier molecular flexibility index (Phi) is 5.95. The number of carbonyl (C=O) groups is 1. The van der Waals surface area contributed by atoms with Gasteiger partial charge < -0.3 is 10.2 Å². The van der Waals surface area contributed by atoms with E-state index in [1.165, 1.54) is 0 Å². The third kappa shape index (κ3) is 4.56. The monoisotopic (exact) mass is 317 g/mol. The lowest BCUT2D eigenvalue weighted by molar-refractivity contribution is -0.116. The molecule has 0 aliphatic rings. The molecule has 1 aromatic heterocycles. The summed E-state index contributed by atoms with van der Waals surface area (Å²) >= 11 is 1.62. The van der Waals surface area contributed by atoms with Crippen LogP contribution in [0.2, 0.25) is 0 Å². The zero-order chi connectivity index (χ0) is 15.9. The van der Waals surface area contributed by atoms with Gasteiger partial charge in [-0.25, -0.2) is 4.98 Å². The highest BCUT2D eigenvalue weighted by Gasteiger charge is 2.07. The molecule has 0 aliphatic heterocycles. The lowest BCUT2D eigenvalue weighted by Crippen LogP contribution is -2.10. The number of carbonyl (C=O) groups excluding carboxylic acids is 1. The maximum absolute atomic E-state index is 11.8. The molecule has 1 N–H and O–H groups in total. The fraction of sp³-hybridized carbons (Fsp3) is 0.412. The highest BCUT2D eigenvalue weighted by molar-refractivity contribution is 7.14. The van der Waals surface area contributed by atoms with E-state index in [2.05, 4.69) is 17.2 Å². The fourth-order valence-electron chi connectivity index (χ4n) is 2.09. The van der Waals surface area contributed by atoms with Gasteiger partial charge in [0.1, 0.15) is 0 Å². The molecule has 0 unspecified atom stereocenters. The SMILES string of the molecule is CCCCCC(=O)Nc1ccc(-c2csc(N(C)C)n2)cc1. The van der Waals surface area contributed by atoms with Gasteiger partial charge in [-0.3, -0.25) is 4.79 Å². The Hall–Kier alpha value is -1.88. The quantitative estimate of drug-likeness (QED) is 0.770. The number of rotatable bonds is 7. The summed E-state index contributed by atoms with van der Waals surface area (Å²) in [6, 6.07) is 7.86. The minimum Gasteiger partial charge on any atom is -0.354 e. The highest BCUT2D eigenvalue weighted by Crippen LogP contribution is 2.27. The second kappa shape index (κ2) is 7.94. The minimum atomic E-state index is 0.0877. The van der Waals surface area contributed by atoms with Crippen molar-refractivity contribution < 1.29 is 4.79 Å². The number of hydrogen-bond acceptors (Lipinski definition) is 4. The minimum absolute atomic E-state index is 0.0877. The number of nitrogens with zero attached hydrogens (tertiary/aromatic N) is 2. The molecule has 0 atom stereocenters. The summed E-state index contributed by atoms with van der Waals surface area (Å²) in [5.41, 5.74) is 2.87. The molecule has 118 valence electrons. The van der Waals surface area contributed by atoms with Gasteiger partial charge in [0.2, 0.25) is 5.91 Å². The van der Waals surface area contributed by atoms with E-state index in [4.69, 9.17) is 0 Å². The van der Waals surface area contributed by atoms with E-state index in [0.29, 0.717) is 6.42 Å². The van der Waals surface area contributed by atoms with Crippen LogP contribution in [0.1, 0.15) is 32.6 Å². The van der Waals surface area contributed by atoms with E-state index in [9.17, 15) is 4.79 Å². The van der Waals surface area contributed by atoms with Gasteiger partial charge in [-0.2, -0.15) is 0 Å². The van der Waals surface area contributed by atoms with E-state index in [1.54, 1.807) is 11.3 Å². The molecule has 0 fully saturated rings.